The number of nitrogens with one attached hydrogen (secondary N) is 1. The molecule has 1 saturated heterocycles. The van der Waals surface area contributed by atoms with Gasteiger partial charge in [0.1, 0.15) is 0 Å². The number of amides is 1. The summed E-state index contributed by atoms with van der Waals surface area (Å²) in [6.45, 7) is 7.60. The van der Waals surface area contributed by atoms with Gasteiger partial charge in [0.2, 0.25) is 11.8 Å². The van der Waals surface area contributed by atoms with Gasteiger partial charge in [0.25, 0.3) is 0 Å². The Bertz CT molecular complexity index is 422. The predicted molar refractivity (Wildman–Crippen MR) is 70.6 cm³/mol. The summed E-state index contributed by atoms with van der Waals surface area (Å²) in [6, 6.07) is 0.734. The second-order valence-corrected chi connectivity index (χ2v) is 5.36. The molecule has 6 nitrogen and oxygen atoms in total. The molecule has 0 aromatic carbocycles. The van der Waals surface area contributed by atoms with E-state index < -0.39 is 0 Å². The zero-order valence-corrected chi connectivity index (χ0v) is 11.8. The Morgan fingerprint density at radius 3 is 2.68 bits per heavy atom. The Balaban J connectivity index is 1.74. The first-order chi connectivity index (χ1) is 9.04. The molecule has 0 spiro atoms. The number of nitrogens with zero attached hydrogens (tertiary/aromatic N) is 3. The second-order valence-electron chi connectivity index (χ2n) is 5.36. The Hall–Kier alpha value is -1.43. The molecular weight excluding hydrogens is 244 g/mol. The van der Waals surface area contributed by atoms with E-state index >= 15 is 0 Å². The Morgan fingerprint density at radius 2 is 2.11 bits per heavy atom. The summed E-state index contributed by atoms with van der Waals surface area (Å²) in [6.07, 6.45) is 1.97. The van der Waals surface area contributed by atoms with Gasteiger partial charge in [-0.25, -0.2) is 0 Å². The summed E-state index contributed by atoms with van der Waals surface area (Å²) in [5, 5.41) is 7.16. The molecule has 0 aliphatic carbocycles. The van der Waals surface area contributed by atoms with Crippen LogP contribution in [0.1, 0.15) is 38.4 Å². The standard InChI is InChI=1S/C13H22N4O2/c1-9-7-17(8-10(2)14-9)13(18)6-4-5-12-15-11(3)16-19-12/h9-10,14H,4-8H2,1-3H3. The summed E-state index contributed by atoms with van der Waals surface area (Å²) in [4.78, 5) is 18.2. The lowest BCUT2D eigenvalue weighted by molar-refractivity contribution is -0.133. The number of aryl methyl sites for hydroxylation is 2. The highest BCUT2D eigenvalue weighted by Gasteiger charge is 2.24. The lowest BCUT2D eigenvalue weighted by Gasteiger charge is -2.36. The molecule has 1 aliphatic heterocycles. The number of carbonyl (C=O) groups excluding carboxylic acids is 1. The quantitative estimate of drug-likeness (QED) is 0.877. The summed E-state index contributed by atoms with van der Waals surface area (Å²) in [7, 11) is 0. The molecule has 2 atom stereocenters. The normalized spacial score (nSPS) is 23.6. The first-order valence-corrected chi connectivity index (χ1v) is 6.87. The topological polar surface area (TPSA) is 71.3 Å². The van der Waals surface area contributed by atoms with Crippen LogP contribution in [0.4, 0.5) is 0 Å². The van der Waals surface area contributed by atoms with Crippen molar-refractivity contribution in [1.82, 2.24) is 20.4 Å². The number of carbonyl (C=O) groups is 1. The van der Waals surface area contributed by atoms with Crippen LogP contribution in [0.3, 0.4) is 0 Å². The first-order valence-electron chi connectivity index (χ1n) is 6.87. The van der Waals surface area contributed by atoms with Crippen molar-refractivity contribution in [3.05, 3.63) is 11.7 Å². The highest BCUT2D eigenvalue weighted by molar-refractivity contribution is 5.76. The molecule has 19 heavy (non-hydrogen) atoms. The number of piperazine rings is 1. The van der Waals surface area contributed by atoms with Crippen molar-refractivity contribution in [2.75, 3.05) is 13.1 Å². The predicted octanol–water partition coefficient (Wildman–Crippen LogP) is 0.910. The molecule has 2 unspecified atom stereocenters. The number of hydrogen-bond donors (Lipinski definition) is 1. The third-order valence-corrected chi connectivity index (χ3v) is 3.26. The van der Waals surface area contributed by atoms with Crippen molar-refractivity contribution in [1.29, 1.82) is 0 Å². The third-order valence-electron chi connectivity index (χ3n) is 3.26. The van der Waals surface area contributed by atoms with Gasteiger partial charge in [0.15, 0.2) is 5.82 Å². The van der Waals surface area contributed by atoms with E-state index in [4.69, 9.17) is 4.52 Å². The molecule has 1 aromatic rings. The summed E-state index contributed by atoms with van der Waals surface area (Å²) in [5.74, 6) is 1.48. The second kappa shape index (κ2) is 6.14. The Kier molecular flexibility index (Phi) is 4.52. The average Bonchev–Trinajstić information content (AvgIpc) is 2.73. The fraction of sp³-hybridized carbons (Fsp3) is 0.769. The largest absolute Gasteiger partial charge is 0.340 e. The zero-order chi connectivity index (χ0) is 13.8. The van der Waals surface area contributed by atoms with Gasteiger partial charge in [-0.2, -0.15) is 4.98 Å². The van der Waals surface area contributed by atoms with Crippen LogP contribution in [0, 0.1) is 6.92 Å². The Labute approximate surface area is 113 Å². The molecule has 1 amide bonds. The van der Waals surface area contributed by atoms with Crippen molar-refractivity contribution in [2.24, 2.45) is 0 Å². The molecule has 1 N–H and O–H groups in total. The first kappa shape index (κ1) is 14.0. The molecule has 0 bridgehead atoms. The van der Waals surface area contributed by atoms with Gasteiger partial charge in [-0.3, -0.25) is 4.79 Å². The zero-order valence-electron chi connectivity index (χ0n) is 11.8. The molecule has 0 saturated carbocycles. The van der Waals surface area contributed by atoms with Crippen molar-refractivity contribution >= 4 is 5.91 Å². The molecule has 1 fully saturated rings. The molecule has 0 radical (unpaired) electrons. The van der Waals surface area contributed by atoms with Crippen LogP contribution in [0.2, 0.25) is 0 Å². The van der Waals surface area contributed by atoms with E-state index in [1.165, 1.54) is 0 Å². The van der Waals surface area contributed by atoms with Crippen molar-refractivity contribution in [2.45, 2.75) is 52.1 Å². The smallest absolute Gasteiger partial charge is 0.226 e. The Morgan fingerprint density at radius 1 is 1.42 bits per heavy atom. The molecule has 1 aromatic heterocycles. The summed E-state index contributed by atoms with van der Waals surface area (Å²) in [5.41, 5.74) is 0. The molecule has 2 rings (SSSR count). The molecule has 1 aliphatic rings. The van der Waals surface area contributed by atoms with Crippen molar-refractivity contribution in [3.8, 4) is 0 Å². The van der Waals surface area contributed by atoms with Crippen LogP contribution in [-0.4, -0.2) is 46.1 Å². The van der Waals surface area contributed by atoms with E-state index in [0.717, 1.165) is 19.5 Å². The maximum atomic E-state index is 12.1. The summed E-state index contributed by atoms with van der Waals surface area (Å²) >= 11 is 0. The highest BCUT2D eigenvalue weighted by Crippen LogP contribution is 2.09. The van der Waals surface area contributed by atoms with Crippen molar-refractivity contribution in [3.63, 3.8) is 0 Å². The van der Waals surface area contributed by atoms with Gasteiger partial charge in [-0.1, -0.05) is 5.16 Å². The van der Waals surface area contributed by atoms with Gasteiger partial charge >= 0.3 is 0 Å². The number of rotatable bonds is 4. The van der Waals surface area contributed by atoms with E-state index in [-0.39, 0.29) is 5.91 Å². The van der Waals surface area contributed by atoms with Crippen LogP contribution >= 0.6 is 0 Å². The van der Waals surface area contributed by atoms with Gasteiger partial charge in [-0.15, -0.1) is 0 Å². The van der Waals surface area contributed by atoms with E-state index in [1.807, 2.05) is 4.90 Å². The van der Waals surface area contributed by atoms with Gasteiger partial charge in [-0.05, 0) is 27.2 Å². The maximum absolute atomic E-state index is 12.1. The van der Waals surface area contributed by atoms with Crippen LogP contribution in [0.15, 0.2) is 4.52 Å². The monoisotopic (exact) mass is 266 g/mol. The number of hydrogen-bond acceptors (Lipinski definition) is 5. The van der Waals surface area contributed by atoms with Crippen molar-refractivity contribution < 1.29 is 9.32 Å². The SMILES string of the molecule is Cc1noc(CCCC(=O)N2CC(C)NC(C)C2)n1. The van der Waals surface area contributed by atoms with Crippen LogP contribution < -0.4 is 5.32 Å². The van der Waals surface area contributed by atoms with E-state index in [9.17, 15) is 4.79 Å². The van der Waals surface area contributed by atoms with Crippen LogP contribution in [0.25, 0.3) is 0 Å². The lowest BCUT2D eigenvalue weighted by atomic mass is 10.1. The van der Waals surface area contributed by atoms with E-state index in [0.29, 0.717) is 36.6 Å². The maximum Gasteiger partial charge on any atom is 0.226 e. The minimum atomic E-state index is 0.219. The fourth-order valence-corrected chi connectivity index (χ4v) is 2.52. The minimum Gasteiger partial charge on any atom is -0.340 e. The van der Waals surface area contributed by atoms with E-state index in [2.05, 4.69) is 29.3 Å². The minimum absolute atomic E-state index is 0.219. The van der Waals surface area contributed by atoms with Crippen LogP contribution in [-0.2, 0) is 11.2 Å². The lowest BCUT2D eigenvalue weighted by Crippen LogP contribution is -2.55. The van der Waals surface area contributed by atoms with E-state index in [1.54, 1.807) is 6.92 Å². The molecule has 2 heterocycles. The summed E-state index contributed by atoms with van der Waals surface area (Å²) < 4.78 is 5.03. The fourth-order valence-electron chi connectivity index (χ4n) is 2.52. The highest BCUT2D eigenvalue weighted by atomic mass is 16.5. The van der Waals surface area contributed by atoms with Gasteiger partial charge in [0.05, 0.1) is 0 Å². The van der Waals surface area contributed by atoms with Crippen LogP contribution in [0.5, 0.6) is 0 Å². The molecular formula is C13H22N4O2. The third kappa shape index (κ3) is 4.02. The average molecular weight is 266 g/mol. The molecule has 6 heteroatoms. The molecule has 106 valence electrons. The number of aromatic nitrogens is 2. The van der Waals surface area contributed by atoms with Gasteiger partial charge in [0, 0.05) is 38.0 Å². The van der Waals surface area contributed by atoms with Gasteiger partial charge < -0.3 is 14.7 Å².